The van der Waals surface area contributed by atoms with Crippen molar-refractivity contribution in [2.75, 3.05) is 0 Å². The highest BCUT2D eigenvalue weighted by molar-refractivity contribution is 9.10. The van der Waals surface area contributed by atoms with Gasteiger partial charge in [0.1, 0.15) is 5.75 Å². The molecule has 2 aromatic carbocycles. The van der Waals surface area contributed by atoms with E-state index in [4.69, 9.17) is 9.84 Å². The van der Waals surface area contributed by atoms with Crippen molar-refractivity contribution in [2.45, 2.75) is 44.9 Å². The van der Waals surface area contributed by atoms with Crippen LogP contribution in [-0.4, -0.2) is 21.6 Å². The van der Waals surface area contributed by atoms with Crippen LogP contribution in [0.5, 0.6) is 5.75 Å². The third-order valence-electron chi connectivity index (χ3n) is 5.88. The van der Waals surface area contributed by atoms with Crippen LogP contribution in [0.1, 0.15) is 50.3 Å². The van der Waals surface area contributed by atoms with Crippen LogP contribution in [0, 0.1) is 5.41 Å². The molecule has 2 aromatic rings. The number of allylic oxidation sites excluding steroid dienone is 1. The second-order valence-corrected chi connectivity index (χ2v) is 10.7. The number of fused-ring (bicyclic) bond motifs is 4. The molecule has 0 aromatic heterocycles. The third kappa shape index (κ3) is 3.30. The first-order chi connectivity index (χ1) is 13.7. The highest BCUT2D eigenvalue weighted by Gasteiger charge is 2.53. The van der Waals surface area contributed by atoms with Gasteiger partial charge in [-0.15, -0.1) is 0 Å². The summed E-state index contributed by atoms with van der Waals surface area (Å²) in [6, 6.07) is 14.5. The normalized spacial score (nSPS) is 27.0. The zero-order valence-electron chi connectivity index (χ0n) is 16.3. The van der Waals surface area contributed by atoms with Gasteiger partial charge in [-0.25, -0.2) is 5.01 Å². The highest BCUT2D eigenvalue weighted by atomic mass is 79.9. The number of aliphatic hydroxyl groups excluding tert-OH is 1. The molecule has 1 spiro atoms. The summed E-state index contributed by atoms with van der Waals surface area (Å²) in [6.45, 7) is 4.34. The monoisotopic (exact) mass is 516 g/mol. The van der Waals surface area contributed by atoms with Gasteiger partial charge in [-0.1, -0.05) is 57.8 Å². The Bertz CT molecular complexity index is 1050. The van der Waals surface area contributed by atoms with E-state index in [0.717, 1.165) is 44.4 Å². The van der Waals surface area contributed by atoms with Crippen molar-refractivity contribution in [3.63, 3.8) is 0 Å². The molecule has 5 rings (SSSR count). The van der Waals surface area contributed by atoms with Gasteiger partial charge in [0.25, 0.3) is 0 Å². The number of hydrazone groups is 1. The molecule has 0 saturated heterocycles. The Labute approximate surface area is 187 Å². The highest BCUT2D eigenvalue weighted by Crippen LogP contribution is 2.53. The zero-order chi connectivity index (χ0) is 20.4. The predicted octanol–water partition coefficient (Wildman–Crippen LogP) is 6.71. The van der Waals surface area contributed by atoms with Crippen LogP contribution in [0.25, 0.3) is 0 Å². The minimum absolute atomic E-state index is 0.0628. The van der Waals surface area contributed by atoms with E-state index in [1.165, 1.54) is 0 Å². The lowest BCUT2D eigenvalue weighted by molar-refractivity contribution is -0.115. The second-order valence-electron chi connectivity index (χ2n) is 8.90. The molecule has 1 aliphatic carbocycles. The van der Waals surface area contributed by atoms with Crippen LogP contribution in [-0.2, 0) is 0 Å². The Balaban J connectivity index is 1.66. The van der Waals surface area contributed by atoms with Gasteiger partial charge in [0, 0.05) is 39.8 Å². The zero-order valence-corrected chi connectivity index (χ0v) is 19.5. The van der Waals surface area contributed by atoms with E-state index in [1.54, 1.807) is 0 Å². The minimum atomic E-state index is -0.783. The van der Waals surface area contributed by atoms with Gasteiger partial charge in [0.2, 0.25) is 5.72 Å². The van der Waals surface area contributed by atoms with Crippen molar-refractivity contribution in [1.29, 1.82) is 0 Å². The molecule has 29 heavy (non-hydrogen) atoms. The average molecular weight is 518 g/mol. The van der Waals surface area contributed by atoms with Crippen molar-refractivity contribution in [3.8, 4) is 5.75 Å². The van der Waals surface area contributed by atoms with Crippen LogP contribution in [0.2, 0.25) is 0 Å². The summed E-state index contributed by atoms with van der Waals surface area (Å²) in [6.07, 6.45) is 4.07. The van der Waals surface area contributed by atoms with E-state index in [2.05, 4.69) is 68.9 Å². The number of hydrogen-bond acceptors (Lipinski definition) is 4. The summed E-state index contributed by atoms with van der Waals surface area (Å²) in [7, 11) is 0. The van der Waals surface area contributed by atoms with Crippen molar-refractivity contribution in [3.05, 3.63) is 74.4 Å². The Morgan fingerprint density at radius 2 is 1.83 bits per heavy atom. The van der Waals surface area contributed by atoms with E-state index < -0.39 is 5.72 Å². The van der Waals surface area contributed by atoms with Gasteiger partial charge in [-0.2, -0.15) is 5.10 Å². The van der Waals surface area contributed by atoms with Gasteiger partial charge in [0.05, 0.1) is 17.5 Å². The van der Waals surface area contributed by atoms with E-state index in [9.17, 15) is 5.11 Å². The van der Waals surface area contributed by atoms with Gasteiger partial charge in [-0.05, 0) is 41.3 Å². The van der Waals surface area contributed by atoms with Gasteiger partial charge in [-0.3, -0.25) is 0 Å². The molecular formula is C23H22Br2N2O2. The molecule has 6 heteroatoms. The molecule has 4 nitrogen and oxygen atoms in total. The van der Waals surface area contributed by atoms with Crippen molar-refractivity contribution in [1.82, 2.24) is 5.01 Å². The summed E-state index contributed by atoms with van der Waals surface area (Å²) in [4.78, 5) is 0. The SMILES string of the molecule is CC1(C)CC(O)=C[C@@]2(C1)Oc1ccc(Br)cc1[C@H]1CC(c3ccc(Br)cc3)=NN12. The van der Waals surface area contributed by atoms with Gasteiger partial charge < -0.3 is 9.84 Å². The fourth-order valence-corrected chi connectivity index (χ4v) is 5.48. The Kier molecular flexibility index (Phi) is 4.37. The molecule has 0 amide bonds. The summed E-state index contributed by atoms with van der Waals surface area (Å²) in [5, 5.41) is 17.7. The molecule has 0 radical (unpaired) electrons. The largest absolute Gasteiger partial charge is 0.512 e. The average Bonchev–Trinajstić information content (AvgIpc) is 3.08. The summed E-state index contributed by atoms with van der Waals surface area (Å²) in [5.74, 6) is 1.23. The lowest BCUT2D eigenvalue weighted by Gasteiger charge is -2.50. The lowest BCUT2D eigenvalue weighted by atomic mass is 9.75. The molecule has 2 atom stereocenters. The summed E-state index contributed by atoms with van der Waals surface area (Å²) in [5.41, 5.74) is 2.39. The first-order valence-corrected chi connectivity index (χ1v) is 11.4. The standard InChI is InChI=1S/C23H22Br2N2O2/c1-22(2)11-17(28)12-23(13-22)27-20(18-9-16(25)7-8-21(18)29-23)10-19(26-27)14-3-5-15(24)6-4-14/h3-9,12,20,28H,10-11,13H2,1-2H3/t20-,23+/m1/s1. The second kappa shape index (κ2) is 6.61. The van der Waals surface area contributed by atoms with Crippen LogP contribution in [0.15, 0.2) is 68.3 Å². The Morgan fingerprint density at radius 3 is 2.55 bits per heavy atom. The molecule has 3 aliphatic rings. The molecule has 0 bridgehead atoms. The van der Waals surface area contributed by atoms with Crippen LogP contribution in [0.4, 0.5) is 0 Å². The fourth-order valence-electron chi connectivity index (χ4n) is 4.84. The smallest absolute Gasteiger partial charge is 0.221 e. The molecular weight excluding hydrogens is 496 g/mol. The number of benzene rings is 2. The van der Waals surface area contributed by atoms with E-state index in [1.807, 2.05) is 30.3 Å². The Morgan fingerprint density at radius 1 is 1.10 bits per heavy atom. The number of nitrogens with zero attached hydrogens (tertiary/aromatic N) is 2. The fraction of sp³-hybridized carbons (Fsp3) is 0.348. The number of rotatable bonds is 1. The van der Waals surface area contributed by atoms with Crippen molar-refractivity contribution in [2.24, 2.45) is 10.5 Å². The Hall–Kier alpha value is -1.79. The number of halogens is 2. The predicted molar refractivity (Wildman–Crippen MR) is 121 cm³/mol. The summed E-state index contributed by atoms with van der Waals surface area (Å²) < 4.78 is 8.67. The van der Waals surface area contributed by atoms with Gasteiger partial charge >= 0.3 is 0 Å². The van der Waals surface area contributed by atoms with E-state index >= 15 is 0 Å². The molecule has 2 heterocycles. The van der Waals surface area contributed by atoms with Crippen LogP contribution >= 0.6 is 31.9 Å². The van der Waals surface area contributed by atoms with E-state index in [-0.39, 0.29) is 11.5 Å². The molecule has 150 valence electrons. The van der Waals surface area contributed by atoms with Gasteiger partial charge in [0.15, 0.2) is 0 Å². The molecule has 2 aliphatic heterocycles. The first kappa shape index (κ1) is 19.2. The lowest BCUT2D eigenvalue weighted by Crippen LogP contribution is -2.56. The first-order valence-electron chi connectivity index (χ1n) is 9.77. The maximum Gasteiger partial charge on any atom is 0.221 e. The van der Waals surface area contributed by atoms with Crippen molar-refractivity contribution >= 4 is 37.6 Å². The quantitative estimate of drug-likeness (QED) is 0.457. The van der Waals surface area contributed by atoms with Crippen molar-refractivity contribution < 1.29 is 9.84 Å². The van der Waals surface area contributed by atoms with E-state index in [0.29, 0.717) is 12.2 Å². The van der Waals surface area contributed by atoms with Crippen LogP contribution < -0.4 is 4.74 Å². The molecule has 0 fully saturated rings. The topological polar surface area (TPSA) is 45.1 Å². The molecule has 1 N–H and O–H groups in total. The third-order valence-corrected chi connectivity index (χ3v) is 6.90. The molecule has 0 saturated carbocycles. The summed E-state index contributed by atoms with van der Waals surface area (Å²) >= 11 is 7.11. The minimum Gasteiger partial charge on any atom is -0.512 e. The maximum atomic E-state index is 10.6. The number of hydrogen-bond donors (Lipinski definition) is 1. The maximum absolute atomic E-state index is 10.6. The number of ether oxygens (including phenoxy) is 1. The van der Waals surface area contributed by atoms with Crippen LogP contribution in [0.3, 0.4) is 0 Å². The number of aliphatic hydroxyl groups is 1. The molecule has 0 unspecified atom stereocenters.